The van der Waals surface area contributed by atoms with Gasteiger partial charge in [0.1, 0.15) is 26.9 Å². The van der Waals surface area contributed by atoms with Crippen molar-refractivity contribution in [2.45, 2.75) is 6.92 Å². The van der Waals surface area contributed by atoms with Crippen molar-refractivity contribution >= 4 is 32.9 Å². The van der Waals surface area contributed by atoms with E-state index in [-0.39, 0.29) is 45.9 Å². The summed E-state index contributed by atoms with van der Waals surface area (Å²) in [5, 5.41) is 19.6. The average Bonchev–Trinajstić information content (AvgIpc) is 2.68. The first-order valence-corrected chi connectivity index (χ1v) is 9.30. The van der Waals surface area contributed by atoms with Crippen LogP contribution in [0.5, 0.6) is 23.0 Å². The van der Waals surface area contributed by atoms with E-state index in [1.807, 2.05) is 0 Å². The highest BCUT2D eigenvalue weighted by atomic mass is 79.9. The molecule has 0 amide bonds. The van der Waals surface area contributed by atoms with E-state index in [9.17, 15) is 19.8 Å². The van der Waals surface area contributed by atoms with Gasteiger partial charge in [0.05, 0.1) is 13.7 Å². The van der Waals surface area contributed by atoms with Crippen LogP contribution >= 0.6 is 15.9 Å². The van der Waals surface area contributed by atoms with Crippen LogP contribution in [-0.2, 0) is 9.53 Å². The summed E-state index contributed by atoms with van der Waals surface area (Å²) in [6.07, 6.45) is 0. The minimum absolute atomic E-state index is 0.00973. The number of hydrogen-bond acceptors (Lipinski definition) is 8. The number of methoxy groups -OCH3 is 1. The van der Waals surface area contributed by atoms with E-state index in [2.05, 4.69) is 15.9 Å². The number of hydrogen-bond donors (Lipinski definition) is 2. The molecule has 152 valence electrons. The van der Waals surface area contributed by atoms with E-state index >= 15 is 0 Å². The number of phenolic OH excluding ortho intramolecular Hbond substituents is 2. The minimum Gasteiger partial charge on any atom is -0.508 e. The standard InChI is InChI=1S/C20H17BrO8/c1-3-27-16(24)9-28-14-6-10(4-5-13(14)26-2)20-18(21)19(25)17-12(23)7-11(22)8-15(17)29-20/h4-8,22-23H,3,9H2,1-2H3. The molecule has 0 spiro atoms. The van der Waals surface area contributed by atoms with Crippen LogP contribution in [0.1, 0.15) is 6.92 Å². The maximum Gasteiger partial charge on any atom is 0.344 e. The number of esters is 1. The number of halogens is 1. The molecule has 0 aliphatic carbocycles. The Kier molecular flexibility index (Phi) is 5.97. The summed E-state index contributed by atoms with van der Waals surface area (Å²) in [4.78, 5) is 24.3. The van der Waals surface area contributed by atoms with E-state index in [1.165, 1.54) is 19.2 Å². The third kappa shape index (κ3) is 4.14. The monoisotopic (exact) mass is 464 g/mol. The first kappa shape index (κ1) is 20.5. The number of fused-ring (bicyclic) bond motifs is 1. The van der Waals surface area contributed by atoms with Crippen LogP contribution in [0.3, 0.4) is 0 Å². The Morgan fingerprint density at radius 2 is 1.93 bits per heavy atom. The van der Waals surface area contributed by atoms with E-state index in [4.69, 9.17) is 18.6 Å². The topological polar surface area (TPSA) is 115 Å². The van der Waals surface area contributed by atoms with E-state index in [0.29, 0.717) is 11.3 Å². The summed E-state index contributed by atoms with van der Waals surface area (Å²) in [6.45, 7) is 1.60. The van der Waals surface area contributed by atoms with Crippen molar-refractivity contribution in [1.82, 2.24) is 0 Å². The van der Waals surface area contributed by atoms with Gasteiger partial charge in [0, 0.05) is 17.7 Å². The molecule has 2 N–H and O–H groups in total. The van der Waals surface area contributed by atoms with Crippen LogP contribution in [0, 0.1) is 0 Å². The Morgan fingerprint density at radius 1 is 1.17 bits per heavy atom. The average molecular weight is 465 g/mol. The molecule has 0 atom stereocenters. The van der Waals surface area contributed by atoms with Crippen molar-refractivity contribution < 1.29 is 33.6 Å². The molecule has 0 saturated carbocycles. The SMILES string of the molecule is CCOC(=O)COc1cc(-c2oc3cc(O)cc(O)c3c(=O)c2Br)ccc1OC. The molecule has 0 radical (unpaired) electrons. The number of phenols is 2. The van der Waals surface area contributed by atoms with Gasteiger partial charge in [-0.25, -0.2) is 4.79 Å². The lowest BCUT2D eigenvalue weighted by Gasteiger charge is -2.13. The Morgan fingerprint density at radius 3 is 2.62 bits per heavy atom. The van der Waals surface area contributed by atoms with Gasteiger partial charge in [0.2, 0.25) is 5.43 Å². The maximum absolute atomic E-state index is 12.7. The number of carbonyl (C=O) groups is 1. The van der Waals surface area contributed by atoms with Crippen molar-refractivity contribution in [2.75, 3.05) is 20.3 Å². The Balaban J connectivity index is 2.09. The molecule has 3 rings (SSSR count). The third-order valence-corrected chi connectivity index (χ3v) is 4.70. The van der Waals surface area contributed by atoms with Gasteiger partial charge < -0.3 is 28.8 Å². The lowest BCUT2D eigenvalue weighted by Crippen LogP contribution is -2.15. The fourth-order valence-corrected chi connectivity index (χ4v) is 3.23. The molecule has 3 aromatic rings. The molecular formula is C20H17BrO8. The lowest BCUT2D eigenvalue weighted by atomic mass is 10.1. The summed E-state index contributed by atoms with van der Waals surface area (Å²) in [6, 6.07) is 7.05. The first-order valence-electron chi connectivity index (χ1n) is 8.50. The van der Waals surface area contributed by atoms with Crippen molar-refractivity contribution in [1.29, 1.82) is 0 Å². The largest absolute Gasteiger partial charge is 0.508 e. The van der Waals surface area contributed by atoms with Gasteiger partial charge in [0.25, 0.3) is 0 Å². The molecule has 8 nitrogen and oxygen atoms in total. The molecule has 0 aliphatic rings. The number of carbonyl (C=O) groups excluding carboxylic acids is 1. The fraction of sp³-hybridized carbons (Fsp3) is 0.200. The Hall–Kier alpha value is -3.20. The molecule has 9 heteroatoms. The summed E-state index contributed by atoms with van der Waals surface area (Å²) in [5.74, 6) is -0.423. The number of aromatic hydroxyl groups is 2. The van der Waals surface area contributed by atoms with Crippen molar-refractivity contribution in [3.05, 3.63) is 45.0 Å². The minimum atomic E-state index is -0.538. The van der Waals surface area contributed by atoms with Gasteiger partial charge >= 0.3 is 5.97 Å². The first-order chi connectivity index (χ1) is 13.8. The predicted molar refractivity (Wildman–Crippen MR) is 108 cm³/mol. The molecule has 1 heterocycles. The second-order valence-corrected chi connectivity index (χ2v) is 6.66. The van der Waals surface area contributed by atoms with Crippen molar-refractivity contribution in [3.8, 4) is 34.3 Å². The van der Waals surface area contributed by atoms with Gasteiger partial charge in [-0.05, 0) is 41.1 Å². The van der Waals surface area contributed by atoms with Crippen LogP contribution in [0.25, 0.3) is 22.3 Å². The highest BCUT2D eigenvalue weighted by molar-refractivity contribution is 9.10. The zero-order chi connectivity index (χ0) is 21.1. The Labute approximate surface area is 173 Å². The summed E-state index contributed by atoms with van der Waals surface area (Å²) in [7, 11) is 1.45. The molecule has 2 aromatic carbocycles. The quantitative estimate of drug-likeness (QED) is 0.531. The maximum atomic E-state index is 12.7. The number of benzene rings is 2. The van der Waals surface area contributed by atoms with Crippen LogP contribution in [0.4, 0.5) is 0 Å². The molecule has 0 fully saturated rings. The normalized spacial score (nSPS) is 10.7. The fourth-order valence-electron chi connectivity index (χ4n) is 2.72. The predicted octanol–water partition coefficient (Wildman–Crippen LogP) is 3.58. The molecule has 1 aromatic heterocycles. The number of ether oxygens (including phenoxy) is 3. The zero-order valence-corrected chi connectivity index (χ0v) is 17.1. The molecule has 29 heavy (non-hydrogen) atoms. The van der Waals surface area contributed by atoms with Gasteiger partial charge in [-0.15, -0.1) is 0 Å². The van der Waals surface area contributed by atoms with Gasteiger partial charge in [0.15, 0.2) is 23.9 Å². The molecule has 0 aliphatic heterocycles. The highest BCUT2D eigenvalue weighted by Gasteiger charge is 2.19. The van der Waals surface area contributed by atoms with E-state index in [0.717, 1.165) is 6.07 Å². The molecular weight excluding hydrogens is 448 g/mol. The second-order valence-electron chi connectivity index (χ2n) is 5.87. The second kappa shape index (κ2) is 8.44. The van der Waals surface area contributed by atoms with E-state index in [1.54, 1.807) is 19.1 Å². The number of rotatable bonds is 6. The summed E-state index contributed by atoms with van der Waals surface area (Å²) in [5.41, 5.74) is -0.0579. The smallest absolute Gasteiger partial charge is 0.344 e. The lowest BCUT2D eigenvalue weighted by molar-refractivity contribution is -0.145. The molecule has 0 bridgehead atoms. The molecule has 0 unspecified atom stereocenters. The van der Waals surface area contributed by atoms with Crippen molar-refractivity contribution in [2.24, 2.45) is 0 Å². The summed E-state index contributed by atoms with van der Waals surface area (Å²) < 4.78 is 21.4. The van der Waals surface area contributed by atoms with Gasteiger partial charge in [-0.3, -0.25) is 4.79 Å². The third-order valence-electron chi connectivity index (χ3n) is 3.98. The van der Waals surface area contributed by atoms with Crippen molar-refractivity contribution in [3.63, 3.8) is 0 Å². The Bertz CT molecular complexity index is 1140. The zero-order valence-electron chi connectivity index (χ0n) is 15.5. The highest BCUT2D eigenvalue weighted by Crippen LogP contribution is 2.38. The van der Waals surface area contributed by atoms with Crippen LogP contribution < -0.4 is 14.9 Å². The van der Waals surface area contributed by atoms with Gasteiger partial charge in [-0.2, -0.15) is 0 Å². The molecule has 0 saturated heterocycles. The van der Waals surface area contributed by atoms with E-state index < -0.39 is 17.1 Å². The van der Waals surface area contributed by atoms with Crippen LogP contribution in [-0.4, -0.2) is 36.5 Å². The van der Waals surface area contributed by atoms with Gasteiger partial charge in [-0.1, -0.05) is 0 Å². The summed E-state index contributed by atoms with van der Waals surface area (Å²) >= 11 is 3.21. The van der Waals surface area contributed by atoms with Crippen LogP contribution in [0.15, 0.2) is 44.0 Å². The van der Waals surface area contributed by atoms with Crippen LogP contribution in [0.2, 0.25) is 0 Å².